The highest BCUT2D eigenvalue weighted by molar-refractivity contribution is 5.81. The number of nitrogens with zero attached hydrogens (tertiary/aromatic N) is 2. The van der Waals surface area contributed by atoms with Crippen molar-refractivity contribution in [2.45, 2.75) is 12.6 Å². The molecule has 1 fully saturated rings. The Morgan fingerprint density at radius 2 is 1.52 bits per heavy atom. The molecule has 1 unspecified atom stereocenters. The monoisotopic (exact) mass is 429 g/mol. The lowest BCUT2D eigenvalue weighted by Gasteiger charge is -2.38. The first-order valence-electron chi connectivity index (χ1n) is 10.2. The van der Waals surface area contributed by atoms with Gasteiger partial charge >= 0.3 is 0 Å². The van der Waals surface area contributed by atoms with Crippen LogP contribution in [0.3, 0.4) is 0 Å². The lowest BCUT2D eigenvalue weighted by Crippen LogP contribution is -2.50. The van der Waals surface area contributed by atoms with E-state index in [9.17, 15) is 4.79 Å². The van der Waals surface area contributed by atoms with Crippen molar-refractivity contribution in [3.63, 3.8) is 0 Å². The van der Waals surface area contributed by atoms with Crippen molar-refractivity contribution in [1.29, 1.82) is 0 Å². The van der Waals surface area contributed by atoms with Crippen LogP contribution < -0.4 is 24.7 Å². The molecule has 0 bridgehead atoms. The summed E-state index contributed by atoms with van der Waals surface area (Å²) < 4.78 is 21.7. The van der Waals surface area contributed by atoms with Crippen molar-refractivity contribution in [2.24, 2.45) is 5.73 Å². The van der Waals surface area contributed by atoms with Crippen LogP contribution in [-0.4, -0.2) is 70.3 Å². The summed E-state index contributed by atoms with van der Waals surface area (Å²) in [7, 11) is 6.46. The van der Waals surface area contributed by atoms with Crippen molar-refractivity contribution in [3.8, 4) is 23.0 Å². The fourth-order valence-electron chi connectivity index (χ4n) is 4.05. The first-order valence-corrected chi connectivity index (χ1v) is 10.2. The van der Waals surface area contributed by atoms with Gasteiger partial charge in [0.15, 0.2) is 11.5 Å². The average Bonchev–Trinajstić information content (AvgIpc) is 2.80. The van der Waals surface area contributed by atoms with E-state index in [4.69, 9.17) is 24.7 Å². The van der Waals surface area contributed by atoms with Gasteiger partial charge in [0.1, 0.15) is 11.8 Å². The summed E-state index contributed by atoms with van der Waals surface area (Å²) in [5.41, 5.74) is 7.66. The second-order valence-corrected chi connectivity index (χ2v) is 7.38. The van der Waals surface area contributed by atoms with Gasteiger partial charge in [-0.05, 0) is 23.8 Å². The van der Waals surface area contributed by atoms with Gasteiger partial charge in [-0.15, -0.1) is 0 Å². The van der Waals surface area contributed by atoms with E-state index in [-0.39, 0.29) is 5.91 Å². The molecule has 1 aliphatic heterocycles. The predicted molar refractivity (Wildman–Crippen MR) is 118 cm³/mol. The Labute approximate surface area is 183 Å². The molecule has 31 heavy (non-hydrogen) atoms. The van der Waals surface area contributed by atoms with Gasteiger partial charge in [-0.1, -0.05) is 18.2 Å². The lowest BCUT2D eigenvalue weighted by molar-refractivity contribution is -0.124. The molecule has 1 amide bonds. The van der Waals surface area contributed by atoms with E-state index in [0.717, 1.165) is 43.1 Å². The second-order valence-electron chi connectivity index (χ2n) is 7.38. The molecule has 2 aromatic rings. The van der Waals surface area contributed by atoms with Crippen LogP contribution in [-0.2, 0) is 11.3 Å². The summed E-state index contributed by atoms with van der Waals surface area (Å²) >= 11 is 0. The third kappa shape index (κ3) is 5.03. The van der Waals surface area contributed by atoms with Gasteiger partial charge in [-0.2, -0.15) is 0 Å². The third-order valence-electron chi connectivity index (χ3n) is 5.65. The predicted octanol–water partition coefficient (Wildman–Crippen LogP) is 2.07. The van der Waals surface area contributed by atoms with Crippen LogP contribution >= 0.6 is 0 Å². The Morgan fingerprint density at radius 3 is 2.03 bits per heavy atom. The minimum absolute atomic E-state index is 0.347. The van der Waals surface area contributed by atoms with Crippen molar-refractivity contribution in [2.75, 3.05) is 54.6 Å². The molecule has 8 nitrogen and oxygen atoms in total. The Morgan fingerprint density at radius 1 is 0.871 bits per heavy atom. The van der Waals surface area contributed by atoms with Crippen molar-refractivity contribution >= 4 is 5.91 Å². The highest BCUT2D eigenvalue weighted by Crippen LogP contribution is 2.40. The number of carbonyl (C=O) groups excluding carboxylic acids is 1. The number of hydrogen-bond donors (Lipinski definition) is 1. The van der Waals surface area contributed by atoms with Crippen molar-refractivity contribution in [3.05, 3.63) is 47.5 Å². The van der Waals surface area contributed by atoms with E-state index in [2.05, 4.69) is 9.80 Å². The summed E-state index contributed by atoms with van der Waals surface area (Å²) in [5.74, 6) is 2.31. The maximum absolute atomic E-state index is 12.2. The molecule has 0 saturated carbocycles. The van der Waals surface area contributed by atoms with Crippen LogP contribution in [0.25, 0.3) is 0 Å². The molecule has 8 heteroatoms. The smallest absolute Gasteiger partial charge is 0.239 e. The highest BCUT2D eigenvalue weighted by Gasteiger charge is 2.29. The number of ether oxygens (including phenoxy) is 4. The first-order chi connectivity index (χ1) is 15.0. The number of carbonyl (C=O) groups is 1. The van der Waals surface area contributed by atoms with Gasteiger partial charge < -0.3 is 24.7 Å². The van der Waals surface area contributed by atoms with Gasteiger partial charge in [0, 0.05) is 38.3 Å². The molecular weight excluding hydrogens is 398 g/mol. The number of benzene rings is 2. The number of methoxy groups -OCH3 is 4. The van der Waals surface area contributed by atoms with Crippen LogP contribution in [0.4, 0.5) is 0 Å². The molecule has 0 aliphatic carbocycles. The van der Waals surface area contributed by atoms with Gasteiger partial charge in [-0.3, -0.25) is 14.6 Å². The minimum atomic E-state index is -0.455. The number of hydrogen-bond acceptors (Lipinski definition) is 7. The molecule has 1 saturated heterocycles. The van der Waals surface area contributed by atoms with Gasteiger partial charge in [0.25, 0.3) is 0 Å². The number of primary amides is 1. The zero-order chi connectivity index (χ0) is 22.4. The van der Waals surface area contributed by atoms with Crippen molar-refractivity contribution in [1.82, 2.24) is 9.80 Å². The molecule has 2 N–H and O–H groups in total. The second kappa shape index (κ2) is 10.4. The number of nitrogens with two attached hydrogens (primary N) is 1. The largest absolute Gasteiger partial charge is 0.497 e. The maximum Gasteiger partial charge on any atom is 0.239 e. The molecule has 0 radical (unpaired) electrons. The number of amides is 1. The van der Waals surface area contributed by atoms with E-state index < -0.39 is 6.04 Å². The SMILES string of the molecule is COc1ccc(C(C(N)=O)N2CCN(Cc3ccc(OC)c(OC)c3OC)CC2)cc1. The number of piperazine rings is 1. The summed E-state index contributed by atoms with van der Waals surface area (Å²) in [6.07, 6.45) is 0. The zero-order valence-corrected chi connectivity index (χ0v) is 18.6. The Balaban J connectivity index is 1.69. The minimum Gasteiger partial charge on any atom is -0.497 e. The lowest BCUT2D eigenvalue weighted by atomic mass is 10.0. The molecule has 1 heterocycles. The van der Waals surface area contributed by atoms with E-state index in [1.54, 1.807) is 28.4 Å². The van der Waals surface area contributed by atoms with Crippen LogP contribution in [0.2, 0.25) is 0 Å². The fourth-order valence-corrected chi connectivity index (χ4v) is 4.05. The third-order valence-corrected chi connectivity index (χ3v) is 5.65. The van der Waals surface area contributed by atoms with Crippen LogP contribution in [0.15, 0.2) is 36.4 Å². The van der Waals surface area contributed by atoms with Gasteiger partial charge in [0.05, 0.1) is 28.4 Å². The van der Waals surface area contributed by atoms with E-state index in [0.29, 0.717) is 23.8 Å². The maximum atomic E-state index is 12.2. The molecule has 1 atom stereocenters. The summed E-state index contributed by atoms with van der Waals surface area (Å²) in [4.78, 5) is 16.7. The average molecular weight is 430 g/mol. The van der Waals surface area contributed by atoms with Gasteiger partial charge in [0.2, 0.25) is 11.7 Å². The van der Waals surface area contributed by atoms with E-state index >= 15 is 0 Å². The summed E-state index contributed by atoms with van der Waals surface area (Å²) in [6.45, 7) is 3.78. The molecular formula is C23H31N3O5. The zero-order valence-electron chi connectivity index (χ0n) is 18.6. The van der Waals surface area contributed by atoms with Crippen LogP contribution in [0, 0.1) is 0 Å². The Kier molecular flexibility index (Phi) is 7.59. The van der Waals surface area contributed by atoms with Gasteiger partial charge in [-0.25, -0.2) is 0 Å². The molecule has 3 rings (SSSR count). The normalized spacial score (nSPS) is 15.9. The summed E-state index contributed by atoms with van der Waals surface area (Å²) in [6, 6.07) is 10.9. The Bertz CT molecular complexity index is 880. The quantitative estimate of drug-likeness (QED) is 0.653. The molecule has 0 aromatic heterocycles. The van der Waals surface area contributed by atoms with Crippen molar-refractivity contribution < 1.29 is 23.7 Å². The summed E-state index contributed by atoms with van der Waals surface area (Å²) in [5, 5.41) is 0. The van der Waals surface area contributed by atoms with Crippen LogP contribution in [0.5, 0.6) is 23.0 Å². The van der Waals surface area contributed by atoms with E-state index in [1.165, 1.54) is 0 Å². The molecule has 1 aliphatic rings. The first kappa shape index (κ1) is 22.7. The molecule has 0 spiro atoms. The molecule has 168 valence electrons. The number of rotatable bonds is 9. The topological polar surface area (TPSA) is 86.5 Å². The highest BCUT2D eigenvalue weighted by atomic mass is 16.5. The van der Waals surface area contributed by atoms with E-state index in [1.807, 2.05) is 36.4 Å². The standard InChI is InChI=1S/C23H31N3O5/c1-28-18-8-5-16(6-9-18)20(23(24)27)26-13-11-25(12-14-26)15-17-7-10-19(29-2)22(31-4)21(17)30-3/h5-10,20H,11-15H2,1-4H3,(H2,24,27). The molecule has 2 aromatic carbocycles. The fraction of sp³-hybridized carbons (Fsp3) is 0.435. The Hall–Kier alpha value is -2.97. The van der Waals surface area contributed by atoms with Crippen LogP contribution in [0.1, 0.15) is 17.2 Å².